The Bertz CT molecular complexity index is 703. The van der Waals surface area contributed by atoms with Crippen molar-refractivity contribution in [1.29, 1.82) is 0 Å². The van der Waals surface area contributed by atoms with Gasteiger partial charge >= 0.3 is 6.03 Å². The number of nitrogens with zero attached hydrogens (tertiary/aromatic N) is 1. The van der Waals surface area contributed by atoms with Crippen molar-refractivity contribution in [3.63, 3.8) is 0 Å². The summed E-state index contributed by atoms with van der Waals surface area (Å²) in [6, 6.07) is 6.47. The molecule has 0 unspecified atom stereocenters. The Balaban J connectivity index is 1.63. The van der Waals surface area contributed by atoms with Gasteiger partial charge in [0.25, 0.3) is 5.91 Å². The first-order valence-corrected chi connectivity index (χ1v) is 9.13. The van der Waals surface area contributed by atoms with E-state index in [1.54, 1.807) is 24.3 Å². The third kappa shape index (κ3) is 3.38. The lowest BCUT2D eigenvalue weighted by Crippen LogP contribution is -2.54. The fourth-order valence-corrected chi connectivity index (χ4v) is 3.78. The molecule has 2 N–H and O–H groups in total. The van der Waals surface area contributed by atoms with Gasteiger partial charge in [0, 0.05) is 5.69 Å². The third-order valence-corrected chi connectivity index (χ3v) is 5.25. The molecule has 2 atom stereocenters. The fourth-order valence-electron chi connectivity index (χ4n) is 3.78. The minimum atomic E-state index is -0.839. The lowest BCUT2D eigenvalue weighted by atomic mass is 9.73. The van der Waals surface area contributed by atoms with E-state index >= 15 is 0 Å². The highest BCUT2D eigenvalue weighted by molar-refractivity contribution is 6.10. The van der Waals surface area contributed by atoms with Gasteiger partial charge in [-0.1, -0.05) is 19.8 Å². The maximum absolute atomic E-state index is 12.9. The second kappa shape index (κ2) is 7.35. The van der Waals surface area contributed by atoms with E-state index in [1.807, 2.05) is 13.8 Å². The largest absolute Gasteiger partial charge is 0.494 e. The summed E-state index contributed by atoms with van der Waals surface area (Å²) in [5.74, 6) is 0.106. The summed E-state index contributed by atoms with van der Waals surface area (Å²) in [6.07, 6.45) is 3.50. The van der Waals surface area contributed by atoms with Crippen molar-refractivity contribution in [3.8, 4) is 5.75 Å². The molecule has 2 aliphatic rings. The zero-order valence-corrected chi connectivity index (χ0v) is 15.2. The third-order valence-electron chi connectivity index (χ3n) is 5.25. The first-order chi connectivity index (χ1) is 12.5. The predicted octanol–water partition coefficient (Wildman–Crippen LogP) is 2.52. The van der Waals surface area contributed by atoms with Crippen LogP contribution in [0.1, 0.15) is 39.5 Å². The maximum atomic E-state index is 12.9. The molecule has 1 aliphatic heterocycles. The Morgan fingerprint density at radius 1 is 1.31 bits per heavy atom. The summed E-state index contributed by atoms with van der Waals surface area (Å²) < 4.78 is 5.36. The number of carbonyl (C=O) groups excluding carboxylic acids is 3. The smallest absolute Gasteiger partial charge is 0.325 e. The molecule has 1 spiro atoms. The number of anilines is 1. The first kappa shape index (κ1) is 18.2. The number of urea groups is 1. The standard InChI is InChI=1S/C19H25N3O4/c1-3-26-15-9-7-14(8-10-15)20-16(23)12-22-17(24)19(21-18(22)25)11-5-4-6-13(19)2/h7-10,13H,3-6,11-12H2,1-2H3,(H,20,23)(H,21,25)/t13-,19-/m1/s1. The monoisotopic (exact) mass is 359 g/mol. The number of rotatable bonds is 5. The quantitative estimate of drug-likeness (QED) is 0.791. The molecule has 1 heterocycles. The molecule has 0 bridgehead atoms. The van der Waals surface area contributed by atoms with Crippen LogP contribution in [0.3, 0.4) is 0 Å². The average molecular weight is 359 g/mol. The fraction of sp³-hybridized carbons (Fsp3) is 0.526. The van der Waals surface area contributed by atoms with Crippen LogP contribution in [0.15, 0.2) is 24.3 Å². The van der Waals surface area contributed by atoms with Gasteiger partial charge < -0.3 is 15.4 Å². The summed E-state index contributed by atoms with van der Waals surface area (Å²) in [5, 5.41) is 5.56. The number of hydrogen-bond acceptors (Lipinski definition) is 4. The van der Waals surface area contributed by atoms with Crippen molar-refractivity contribution >= 4 is 23.5 Å². The van der Waals surface area contributed by atoms with E-state index in [1.165, 1.54) is 0 Å². The maximum Gasteiger partial charge on any atom is 0.325 e. The second-order valence-electron chi connectivity index (χ2n) is 6.95. The van der Waals surface area contributed by atoms with Gasteiger partial charge in [-0.2, -0.15) is 0 Å². The molecular weight excluding hydrogens is 334 g/mol. The molecule has 7 nitrogen and oxygen atoms in total. The summed E-state index contributed by atoms with van der Waals surface area (Å²) >= 11 is 0. The van der Waals surface area contributed by atoms with Gasteiger partial charge in [0.2, 0.25) is 5.91 Å². The van der Waals surface area contributed by atoms with Gasteiger partial charge in [0.1, 0.15) is 17.8 Å². The molecule has 1 saturated carbocycles. The molecule has 1 aromatic carbocycles. The van der Waals surface area contributed by atoms with Crippen LogP contribution >= 0.6 is 0 Å². The zero-order chi connectivity index (χ0) is 18.7. The van der Waals surface area contributed by atoms with Crippen molar-refractivity contribution < 1.29 is 19.1 Å². The molecule has 0 radical (unpaired) electrons. The van der Waals surface area contributed by atoms with Gasteiger partial charge in [0.15, 0.2) is 0 Å². The summed E-state index contributed by atoms with van der Waals surface area (Å²) in [5.41, 5.74) is -0.249. The topological polar surface area (TPSA) is 87.7 Å². The van der Waals surface area contributed by atoms with Crippen LogP contribution in [0.5, 0.6) is 5.75 Å². The lowest BCUT2D eigenvalue weighted by Gasteiger charge is -2.36. The van der Waals surface area contributed by atoms with E-state index in [-0.39, 0.29) is 18.4 Å². The minimum Gasteiger partial charge on any atom is -0.494 e. The van der Waals surface area contributed by atoms with Crippen molar-refractivity contribution in [2.24, 2.45) is 5.92 Å². The summed E-state index contributed by atoms with van der Waals surface area (Å²) in [4.78, 5) is 38.5. The molecule has 1 saturated heterocycles. The highest BCUT2D eigenvalue weighted by Gasteiger charge is 2.55. The molecule has 1 aromatic rings. The normalized spacial score (nSPS) is 25.3. The van der Waals surface area contributed by atoms with E-state index in [4.69, 9.17) is 4.74 Å². The second-order valence-corrected chi connectivity index (χ2v) is 6.95. The summed E-state index contributed by atoms with van der Waals surface area (Å²) in [7, 11) is 0. The number of ether oxygens (including phenoxy) is 1. The number of imide groups is 1. The van der Waals surface area contributed by atoms with Gasteiger partial charge in [0.05, 0.1) is 6.61 Å². The first-order valence-electron chi connectivity index (χ1n) is 9.13. The van der Waals surface area contributed by atoms with E-state index in [2.05, 4.69) is 10.6 Å². The van der Waals surface area contributed by atoms with Crippen LogP contribution in [0.4, 0.5) is 10.5 Å². The van der Waals surface area contributed by atoms with Crippen LogP contribution < -0.4 is 15.4 Å². The summed E-state index contributed by atoms with van der Waals surface area (Å²) in [6.45, 7) is 4.17. The van der Waals surface area contributed by atoms with E-state index in [0.29, 0.717) is 24.5 Å². The SMILES string of the molecule is CCOc1ccc(NC(=O)CN2C(=O)N[C@@]3(CCCC[C@H]3C)C2=O)cc1. The highest BCUT2D eigenvalue weighted by atomic mass is 16.5. The Morgan fingerprint density at radius 2 is 2.04 bits per heavy atom. The number of amides is 4. The minimum absolute atomic E-state index is 0.0758. The molecule has 7 heteroatoms. The molecule has 3 rings (SSSR count). The van der Waals surface area contributed by atoms with Crippen LogP contribution in [0, 0.1) is 5.92 Å². The van der Waals surface area contributed by atoms with Gasteiger partial charge in [-0.05, 0) is 49.9 Å². The number of hydrogen-bond donors (Lipinski definition) is 2. The zero-order valence-electron chi connectivity index (χ0n) is 15.2. The van der Waals surface area contributed by atoms with E-state index in [9.17, 15) is 14.4 Å². The van der Waals surface area contributed by atoms with Crippen molar-refractivity contribution in [2.75, 3.05) is 18.5 Å². The van der Waals surface area contributed by atoms with Crippen molar-refractivity contribution in [1.82, 2.24) is 10.2 Å². The van der Waals surface area contributed by atoms with E-state index < -0.39 is 17.5 Å². The van der Waals surface area contributed by atoms with Crippen molar-refractivity contribution in [2.45, 2.75) is 45.1 Å². The predicted molar refractivity (Wildman–Crippen MR) is 96.8 cm³/mol. The van der Waals surface area contributed by atoms with Crippen LogP contribution in [0.25, 0.3) is 0 Å². The molecule has 1 aliphatic carbocycles. The number of carbonyl (C=O) groups is 3. The van der Waals surface area contributed by atoms with Gasteiger partial charge in [-0.3, -0.25) is 14.5 Å². The molecule has 4 amide bonds. The number of benzene rings is 1. The Kier molecular flexibility index (Phi) is 5.15. The van der Waals surface area contributed by atoms with Gasteiger partial charge in [-0.25, -0.2) is 4.79 Å². The Morgan fingerprint density at radius 3 is 2.69 bits per heavy atom. The lowest BCUT2D eigenvalue weighted by molar-refractivity contribution is -0.136. The Labute approximate surface area is 153 Å². The van der Waals surface area contributed by atoms with Crippen molar-refractivity contribution in [3.05, 3.63) is 24.3 Å². The highest BCUT2D eigenvalue weighted by Crippen LogP contribution is 2.38. The number of nitrogens with one attached hydrogen (secondary N) is 2. The molecule has 26 heavy (non-hydrogen) atoms. The van der Waals surface area contributed by atoms with E-state index in [0.717, 1.165) is 24.2 Å². The van der Waals surface area contributed by atoms with Crippen LogP contribution in [-0.2, 0) is 9.59 Å². The Hall–Kier alpha value is -2.57. The molecular formula is C19H25N3O4. The molecule has 140 valence electrons. The van der Waals surface area contributed by atoms with Gasteiger partial charge in [-0.15, -0.1) is 0 Å². The molecule has 0 aromatic heterocycles. The van der Waals surface area contributed by atoms with Crippen LogP contribution in [-0.4, -0.2) is 41.4 Å². The van der Waals surface area contributed by atoms with Crippen LogP contribution in [0.2, 0.25) is 0 Å². The molecule has 2 fully saturated rings. The average Bonchev–Trinajstić information content (AvgIpc) is 2.85.